The number of hydrogen-bond acceptors (Lipinski definition) is 5. The highest BCUT2D eigenvalue weighted by Crippen LogP contribution is 2.29. The summed E-state index contributed by atoms with van der Waals surface area (Å²) in [5, 5.41) is 9.01. The highest BCUT2D eigenvalue weighted by atomic mass is 16.4. The number of benzene rings is 2. The molecule has 36 heavy (non-hydrogen) atoms. The Bertz CT molecular complexity index is 1050. The predicted octanol–water partition coefficient (Wildman–Crippen LogP) is 4.54. The van der Waals surface area contributed by atoms with Crippen LogP contribution in [0.5, 0.6) is 0 Å². The van der Waals surface area contributed by atoms with Crippen molar-refractivity contribution >= 4 is 35.0 Å². The Morgan fingerprint density at radius 1 is 0.944 bits per heavy atom. The van der Waals surface area contributed by atoms with Crippen molar-refractivity contribution in [3.05, 3.63) is 60.2 Å². The first kappa shape index (κ1) is 25.8. The van der Waals surface area contributed by atoms with Gasteiger partial charge in [0.25, 0.3) is 0 Å². The highest BCUT2D eigenvalue weighted by Gasteiger charge is 2.29. The summed E-state index contributed by atoms with van der Waals surface area (Å²) in [7, 11) is 4.10. The van der Waals surface area contributed by atoms with Crippen molar-refractivity contribution in [1.82, 2.24) is 4.90 Å². The molecule has 0 radical (unpaired) electrons. The van der Waals surface area contributed by atoms with Gasteiger partial charge in [-0.25, -0.2) is 4.79 Å². The summed E-state index contributed by atoms with van der Waals surface area (Å²) in [5.41, 5.74) is 4.03. The molecule has 1 N–H and O–H groups in total. The van der Waals surface area contributed by atoms with Crippen molar-refractivity contribution in [3.63, 3.8) is 0 Å². The zero-order valence-electron chi connectivity index (χ0n) is 21.5. The second kappa shape index (κ2) is 12.1. The van der Waals surface area contributed by atoms with Crippen molar-refractivity contribution in [2.45, 2.75) is 32.1 Å². The first-order valence-electron chi connectivity index (χ1n) is 13.0. The molecule has 0 unspecified atom stereocenters. The van der Waals surface area contributed by atoms with Gasteiger partial charge in [0.1, 0.15) is 0 Å². The van der Waals surface area contributed by atoms with Crippen LogP contribution in [-0.4, -0.2) is 68.8 Å². The Hall–Kier alpha value is -3.32. The van der Waals surface area contributed by atoms with Gasteiger partial charge in [0.05, 0.1) is 6.67 Å². The number of rotatable bonds is 8. The van der Waals surface area contributed by atoms with Gasteiger partial charge < -0.3 is 14.9 Å². The summed E-state index contributed by atoms with van der Waals surface area (Å²) in [5.74, 6) is -0.728. The maximum atomic E-state index is 13.7. The molecule has 0 aromatic heterocycles. The molecule has 0 atom stereocenters. The van der Waals surface area contributed by atoms with Crippen molar-refractivity contribution in [2.24, 2.45) is 5.92 Å². The van der Waals surface area contributed by atoms with Crippen LogP contribution in [0.15, 0.2) is 54.6 Å². The number of amides is 1. The van der Waals surface area contributed by atoms with Crippen LogP contribution in [0.3, 0.4) is 0 Å². The lowest BCUT2D eigenvalue weighted by Gasteiger charge is -2.39. The molecule has 1 amide bonds. The van der Waals surface area contributed by atoms with Gasteiger partial charge in [0.2, 0.25) is 5.91 Å². The Kier molecular flexibility index (Phi) is 8.65. The molecule has 2 aromatic carbocycles. The van der Waals surface area contributed by atoms with Gasteiger partial charge in [0, 0.05) is 69.3 Å². The summed E-state index contributed by atoms with van der Waals surface area (Å²) < 4.78 is 0. The SMILES string of the molecule is CN(C)c1ccc(N2CCN(CN(C(=O)C3CCCCC3)c3cccc(/C=C/C(=O)O)c3)CC2)cc1. The predicted molar refractivity (Wildman–Crippen MR) is 147 cm³/mol. The van der Waals surface area contributed by atoms with E-state index < -0.39 is 5.97 Å². The van der Waals surface area contributed by atoms with E-state index in [1.165, 1.54) is 17.8 Å². The number of anilines is 3. The molecule has 7 heteroatoms. The lowest BCUT2D eigenvalue weighted by molar-refractivity contribution is -0.131. The molecule has 2 aliphatic rings. The van der Waals surface area contributed by atoms with E-state index in [1.54, 1.807) is 6.08 Å². The topological polar surface area (TPSA) is 67.3 Å². The van der Waals surface area contributed by atoms with Crippen LogP contribution in [0.25, 0.3) is 6.08 Å². The molecule has 1 aliphatic carbocycles. The monoisotopic (exact) mass is 490 g/mol. The average molecular weight is 491 g/mol. The maximum absolute atomic E-state index is 13.7. The number of hydrogen-bond donors (Lipinski definition) is 1. The molecule has 0 bridgehead atoms. The van der Waals surface area contributed by atoms with E-state index in [1.807, 2.05) is 43.3 Å². The first-order valence-corrected chi connectivity index (χ1v) is 13.0. The molecule has 1 saturated carbocycles. The van der Waals surface area contributed by atoms with Gasteiger partial charge in [-0.3, -0.25) is 14.6 Å². The largest absolute Gasteiger partial charge is 0.478 e. The molecule has 1 saturated heterocycles. The molecular weight excluding hydrogens is 452 g/mol. The quantitative estimate of drug-likeness (QED) is 0.548. The molecule has 7 nitrogen and oxygen atoms in total. The van der Waals surface area contributed by atoms with Crippen LogP contribution in [0.4, 0.5) is 17.1 Å². The lowest BCUT2D eigenvalue weighted by atomic mass is 9.88. The number of carboxylic acid groups (broad SMARTS) is 1. The summed E-state index contributed by atoms with van der Waals surface area (Å²) in [6.07, 6.45) is 8.03. The van der Waals surface area contributed by atoms with E-state index in [0.717, 1.165) is 69.2 Å². The molecule has 192 valence electrons. The highest BCUT2D eigenvalue weighted by molar-refractivity contribution is 5.95. The van der Waals surface area contributed by atoms with Crippen LogP contribution >= 0.6 is 0 Å². The van der Waals surface area contributed by atoms with Crippen molar-refractivity contribution in [1.29, 1.82) is 0 Å². The molecule has 1 aliphatic heterocycles. The van der Waals surface area contributed by atoms with Crippen LogP contribution in [0, 0.1) is 5.92 Å². The smallest absolute Gasteiger partial charge is 0.328 e. The van der Waals surface area contributed by atoms with E-state index in [9.17, 15) is 9.59 Å². The van der Waals surface area contributed by atoms with E-state index in [-0.39, 0.29) is 11.8 Å². The molecule has 1 heterocycles. The fourth-order valence-electron chi connectivity index (χ4n) is 5.12. The zero-order valence-corrected chi connectivity index (χ0v) is 21.5. The van der Waals surface area contributed by atoms with Crippen molar-refractivity contribution < 1.29 is 14.7 Å². The average Bonchev–Trinajstić information content (AvgIpc) is 2.91. The molecule has 4 rings (SSSR count). The van der Waals surface area contributed by atoms with Gasteiger partial charge in [-0.1, -0.05) is 31.4 Å². The molecule has 2 aromatic rings. The van der Waals surface area contributed by atoms with E-state index >= 15 is 0 Å². The minimum Gasteiger partial charge on any atom is -0.478 e. The number of nitrogens with zero attached hydrogens (tertiary/aromatic N) is 4. The Balaban J connectivity index is 1.46. The maximum Gasteiger partial charge on any atom is 0.328 e. The fourth-order valence-corrected chi connectivity index (χ4v) is 5.12. The Morgan fingerprint density at radius 3 is 2.28 bits per heavy atom. The first-order chi connectivity index (χ1) is 17.4. The minimum absolute atomic E-state index is 0.0634. The number of carboxylic acids is 1. The Labute approximate surface area is 214 Å². The van der Waals surface area contributed by atoms with Crippen molar-refractivity contribution in [2.75, 3.05) is 61.6 Å². The normalized spacial score (nSPS) is 17.3. The zero-order chi connectivity index (χ0) is 25.5. The fraction of sp³-hybridized carbons (Fsp3) is 0.448. The number of aliphatic carboxylic acids is 1. The number of piperazine rings is 1. The summed E-state index contributed by atoms with van der Waals surface area (Å²) in [6, 6.07) is 16.3. The van der Waals surface area contributed by atoms with Gasteiger partial charge in [0.15, 0.2) is 0 Å². The Morgan fingerprint density at radius 2 is 1.64 bits per heavy atom. The van der Waals surface area contributed by atoms with Gasteiger partial charge >= 0.3 is 5.97 Å². The van der Waals surface area contributed by atoms with Gasteiger partial charge in [-0.15, -0.1) is 0 Å². The van der Waals surface area contributed by atoms with Gasteiger partial charge in [-0.2, -0.15) is 0 Å². The number of carbonyl (C=O) groups excluding carboxylic acids is 1. The third kappa shape index (κ3) is 6.66. The van der Waals surface area contributed by atoms with E-state index in [0.29, 0.717) is 6.67 Å². The second-order valence-corrected chi connectivity index (χ2v) is 10.0. The lowest BCUT2D eigenvalue weighted by Crippen LogP contribution is -2.52. The third-order valence-corrected chi connectivity index (χ3v) is 7.27. The molecule has 2 fully saturated rings. The van der Waals surface area contributed by atoms with E-state index in [4.69, 9.17) is 5.11 Å². The van der Waals surface area contributed by atoms with Crippen LogP contribution in [0.1, 0.15) is 37.7 Å². The summed E-state index contributed by atoms with van der Waals surface area (Å²) in [4.78, 5) is 33.5. The summed E-state index contributed by atoms with van der Waals surface area (Å²) in [6.45, 7) is 4.13. The van der Waals surface area contributed by atoms with Crippen LogP contribution < -0.4 is 14.7 Å². The standard InChI is InChI=1S/C29H38N4O3/c1-30(2)25-12-14-26(15-13-25)32-19-17-31(18-20-32)22-33(29(36)24-8-4-3-5-9-24)27-10-6-7-23(21-27)11-16-28(34)35/h6-7,10-16,21,24H,3-5,8-9,17-20,22H2,1-2H3,(H,34,35)/b16-11+. The second-order valence-electron chi connectivity index (χ2n) is 10.0. The summed E-state index contributed by atoms with van der Waals surface area (Å²) >= 11 is 0. The number of carbonyl (C=O) groups is 2. The minimum atomic E-state index is -0.982. The molecule has 0 spiro atoms. The van der Waals surface area contributed by atoms with Crippen LogP contribution in [-0.2, 0) is 9.59 Å². The van der Waals surface area contributed by atoms with E-state index in [2.05, 4.69) is 39.0 Å². The van der Waals surface area contributed by atoms with Crippen molar-refractivity contribution in [3.8, 4) is 0 Å². The van der Waals surface area contributed by atoms with Gasteiger partial charge in [-0.05, 0) is 60.9 Å². The molecular formula is C29H38N4O3. The van der Waals surface area contributed by atoms with Crippen LogP contribution in [0.2, 0.25) is 0 Å². The third-order valence-electron chi connectivity index (χ3n) is 7.27.